The fourth-order valence-electron chi connectivity index (χ4n) is 4.31. The van der Waals surface area contributed by atoms with E-state index < -0.39 is 0 Å². The summed E-state index contributed by atoms with van der Waals surface area (Å²) >= 11 is 0. The molecule has 1 aliphatic heterocycles. The minimum absolute atomic E-state index is 0.0226. The molecule has 2 heterocycles. The maximum absolute atomic E-state index is 13.6. The first-order valence-electron chi connectivity index (χ1n) is 11.4. The van der Waals surface area contributed by atoms with Crippen LogP contribution >= 0.6 is 0 Å². The van der Waals surface area contributed by atoms with Crippen molar-refractivity contribution in [2.45, 2.75) is 38.8 Å². The van der Waals surface area contributed by atoms with Crippen LogP contribution in [0.1, 0.15) is 47.2 Å². The number of benzene rings is 2. The predicted octanol–water partition coefficient (Wildman–Crippen LogP) is 5.31. The highest BCUT2D eigenvalue weighted by molar-refractivity contribution is 6.06. The molecule has 0 aliphatic carbocycles. The van der Waals surface area contributed by atoms with E-state index in [1.807, 2.05) is 53.7 Å². The number of hydrogen-bond donors (Lipinski definition) is 0. The fraction of sp³-hybridized carbons (Fsp3) is 0.333. The van der Waals surface area contributed by atoms with Crippen LogP contribution in [0.4, 0.5) is 5.69 Å². The summed E-state index contributed by atoms with van der Waals surface area (Å²) in [7, 11) is 1.63. The second-order valence-corrected chi connectivity index (χ2v) is 8.30. The average Bonchev–Trinajstić information content (AvgIpc) is 2.88. The van der Waals surface area contributed by atoms with Gasteiger partial charge in [-0.1, -0.05) is 43.2 Å². The number of hydrogen-bond acceptors (Lipinski definition) is 4. The van der Waals surface area contributed by atoms with Crippen LogP contribution in [0.15, 0.2) is 73.1 Å². The lowest BCUT2D eigenvalue weighted by atomic mass is 10.1. The molecule has 1 amide bonds. The molecule has 0 radical (unpaired) electrons. The van der Waals surface area contributed by atoms with Gasteiger partial charge in [-0.25, -0.2) is 0 Å². The molecule has 1 aromatic heterocycles. The summed E-state index contributed by atoms with van der Waals surface area (Å²) in [5.41, 5.74) is 4.04. The molecule has 32 heavy (non-hydrogen) atoms. The van der Waals surface area contributed by atoms with Gasteiger partial charge in [-0.2, -0.15) is 0 Å². The molecule has 1 aliphatic rings. The molecule has 0 fully saturated rings. The second kappa shape index (κ2) is 10.9. The van der Waals surface area contributed by atoms with E-state index in [9.17, 15) is 4.79 Å². The van der Waals surface area contributed by atoms with Crippen molar-refractivity contribution in [2.75, 3.05) is 25.1 Å². The van der Waals surface area contributed by atoms with Gasteiger partial charge in [0.15, 0.2) is 0 Å². The maximum atomic E-state index is 13.6. The summed E-state index contributed by atoms with van der Waals surface area (Å²) in [4.78, 5) is 22.3. The van der Waals surface area contributed by atoms with E-state index in [0.29, 0.717) is 11.3 Å². The first-order valence-corrected chi connectivity index (χ1v) is 11.4. The lowest BCUT2D eigenvalue weighted by molar-refractivity contribution is 0.0986. The Balaban J connectivity index is 1.65. The van der Waals surface area contributed by atoms with E-state index in [-0.39, 0.29) is 5.91 Å². The zero-order valence-corrected chi connectivity index (χ0v) is 18.7. The number of carbonyl (C=O) groups is 1. The Kier molecular flexibility index (Phi) is 7.51. The van der Waals surface area contributed by atoms with Gasteiger partial charge in [-0.15, -0.1) is 0 Å². The molecule has 5 heteroatoms. The molecule has 0 bridgehead atoms. The van der Waals surface area contributed by atoms with Crippen LogP contribution < -0.4 is 9.64 Å². The maximum Gasteiger partial charge on any atom is 0.258 e. The van der Waals surface area contributed by atoms with Gasteiger partial charge in [-0.05, 0) is 60.8 Å². The minimum atomic E-state index is 0.0226. The topological polar surface area (TPSA) is 45.7 Å². The molecule has 0 unspecified atom stereocenters. The van der Waals surface area contributed by atoms with Gasteiger partial charge >= 0.3 is 0 Å². The Bertz CT molecular complexity index is 1020. The zero-order chi connectivity index (χ0) is 22.2. The van der Waals surface area contributed by atoms with Gasteiger partial charge in [0.05, 0.1) is 7.11 Å². The third kappa shape index (κ3) is 5.54. The highest BCUT2D eigenvalue weighted by atomic mass is 16.5. The number of methoxy groups -OCH3 is 1. The van der Waals surface area contributed by atoms with Crippen LogP contribution in [0.2, 0.25) is 0 Å². The van der Waals surface area contributed by atoms with Crippen molar-refractivity contribution in [1.82, 2.24) is 9.88 Å². The molecule has 0 saturated carbocycles. The first-order chi connectivity index (χ1) is 15.7. The fourth-order valence-corrected chi connectivity index (χ4v) is 4.31. The summed E-state index contributed by atoms with van der Waals surface area (Å²) in [6.07, 6.45) is 8.19. The summed E-state index contributed by atoms with van der Waals surface area (Å²) in [5.74, 6) is 0.721. The van der Waals surface area contributed by atoms with Crippen molar-refractivity contribution >= 4 is 11.6 Å². The second-order valence-electron chi connectivity index (χ2n) is 8.30. The smallest absolute Gasteiger partial charge is 0.258 e. The Morgan fingerprint density at radius 2 is 1.81 bits per heavy atom. The molecule has 0 spiro atoms. The van der Waals surface area contributed by atoms with Gasteiger partial charge in [0.2, 0.25) is 0 Å². The van der Waals surface area contributed by atoms with Crippen molar-refractivity contribution in [3.8, 4) is 5.75 Å². The van der Waals surface area contributed by atoms with E-state index in [0.717, 1.165) is 51.1 Å². The highest BCUT2D eigenvalue weighted by Crippen LogP contribution is 2.27. The number of aromatic nitrogens is 1. The normalized spacial score (nSPS) is 15.5. The van der Waals surface area contributed by atoms with E-state index in [2.05, 4.69) is 34.1 Å². The van der Waals surface area contributed by atoms with Crippen LogP contribution in [0.5, 0.6) is 5.75 Å². The molecule has 5 nitrogen and oxygen atoms in total. The molecule has 3 aromatic rings. The minimum Gasteiger partial charge on any atom is -0.497 e. The van der Waals surface area contributed by atoms with Gasteiger partial charge in [-0.3, -0.25) is 14.7 Å². The van der Waals surface area contributed by atoms with Gasteiger partial charge in [0.1, 0.15) is 5.75 Å². The van der Waals surface area contributed by atoms with Gasteiger partial charge in [0.25, 0.3) is 5.91 Å². The number of pyridine rings is 1. The van der Waals surface area contributed by atoms with Crippen LogP contribution in [0.25, 0.3) is 0 Å². The molecule has 4 rings (SSSR count). The first kappa shape index (κ1) is 22.0. The molecule has 2 aromatic carbocycles. The van der Waals surface area contributed by atoms with E-state index in [4.69, 9.17) is 4.74 Å². The van der Waals surface area contributed by atoms with Crippen molar-refractivity contribution in [2.24, 2.45) is 0 Å². The van der Waals surface area contributed by atoms with Crippen molar-refractivity contribution in [1.29, 1.82) is 0 Å². The van der Waals surface area contributed by atoms with Gasteiger partial charge in [0, 0.05) is 43.3 Å². The third-order valence-corrected chi connectivity index (χ3v) is 5.97. The Labute approximate surface area is 190 Å². The van der Waals surface area contributed by atoms with Crippen molar-refractivity contribution in [3.63, 3.8) is 0 Å². The summed E-state index contributed by atoms with van der Waals surface area (Å²) in [6, 6.07) is 19.9. The predicted molar refractivity (Wildman–Crippen MR) is 128 cm³/mol. The van der Waals surface area contributed by atoms with Crippen LogP contribution in [0.3, 0.4) is 0 Å². The lowest BCUT2D eigenvalue weighted by Crippen LogP contribution is -2.33. The summed E-state index contributed by atoms with van der Waals surface area (Å²) in [5, 5.41) is 0. The van der Waals surface area contributed by atoms with Crippen molar-refractivity contribution in [3.05, 3.63) is 89.7 Å². The molecule has 0 atom stereocenters. The number of anilines is 1. The van der Waals surface area contributed by atoms with Crippen LogP contribution in [0, 0.1) is 0 Å². The number of amides is 1. The standard InChI is InChI=1S/C27H31N3O2/c1-32-25-13-8-12-23(18-25)27(31)30-17-7-3-2-6-16-29(20-22-10-9-15-28-19-22)21-24-11-4-5-14-26(24)30/h4-5,8-15,18-19H,2-3,6-7,16-17,20-21H2,1H3. The van der Waals surface area contributed by atoms with Gasteiger partial charge < -0.3 is 9.64 Å². The third-order valence-electron chi connectivity index (χ3n) is 5.97. The Morgan fingerprint density at radius 3 is 2.62 bits per heavy atom. The quantitative estimate of drug-likeness (QED) is 0.564. The number of para-hydroxylation sites is 1. The average molecular weight is 430 g/mol. The molecule has 0 N–H and O–H groups in total. The largest absolute Gasteiger partial charge is 0.497 e. The molecular formula is C27H31N3O2. The number of carbonyl (C=O) groups excluding carboxylic acids is 1. The summed E-state index contributed by atoms with van der Waals surface area (Å²) in [6.45, 7) is 3.40. The summed E-state index contributed by atoms with van der Waals surface area (Å²) < 4.78 is 5.35. The number of ether oxygens (including phenoxy) is 1. The Morgan fingerprint density at radius 1 is 0.969 bits per heavy atom. The number of rotatable bonds is 4. The lowest BCUT2D eigenvalue weighted by Gasteiger charge is -2.28. The zero-order valence-electron chi connectivity index (χ0n) is 18.7. The van der Waals surface area contributed by atoms with Crippen LogP contribution in [-0.2, 0) is 13.1 Å². The highest BCUT2D eigenvalue weighted by Gasteiger charge is 2.22. The SMILES string of the molecule is COc1cccc(C(=O)N2CCCCCCN(Cc3cccnc3)Cc3ccccc32)c1. The van der Waals surface area contributed by atoms with E-state index in [1.54, 1.807) is 7.11 Å². The number of fused-ring (bicyclic) bond motifs is 1. The van der Waals surface area contributed by atoms with Crippen LogP contribution in [-0.4, -0.2) is 36.0 Å². The van der Waals surface area contributed by atoms with E-state index >= 15 is 0 Å². The molecule has 166 valence electrons. The van der Waals surface area contributed by atoms with Crippen molar-refractivity contribution < 1.29 is 9.53 Å². The Hall–Kier alpha value is -3.18. The molecule has 0 saturated heterocycles. The van der Waals surface area contributed by atoms with E-state index in [1.165, 1.54) is 17.5 Å². The number of nitrogens with zero attached hydrogens (tertiary/aromatic N) is 3. The molecular weight excluding hydrogens is 398 g/mol. The monoisotopic (exact) mass is 429 g/mol.